The van der Waals surface area contributed by atoms with E-state index in [0.717, 1.165) is 18.5 Å². The maximum atomic E-state index is 13.1. The second-order valence-electron chi connectivity index (χ2n) is 6.38. The van der Waals surface area contributed by atoms with Crippen LogP contribution in [0.25, 0.3) is 11.1 Å². The van der Waals surface area contributed by atoms with Crippen LogP contribution >= 0.6 is 0 Å². The van der Waals surface area contributed by atoms with E-state index in [9.17, 15) is 21.6 Å². The summed E-state index contributed by atoms with van der Waals surface area (Å²) in [5.74, 6) is 0.241. The molecule has 150 valence electrons. The molecule has 0 radical (unpaired) electrons. The molecule has 10 heteroatoms. The van der Waals surface area contributed by atoms with Crippen LogP contribution in [-0.2, 0) is 22.7 Å². The standard InChI is InChI=1S/C19H14F3N3O3S/c20-19(21,22)16-7-8-23-12-17(16)28-14-5-3-13(4-6-14)15-2-1-9-25-10-11-29(26,27)24-18(15)25/h1-9,12H,10-11H2/p+1. The van der Waals surface area contributed by atoms with Crippen LogP contribution < -0.4 is 14.0 Å². The Bertz CT molecular complexity index is 1160. The van der Waals surface area contributed by atoms with Crippen molar-refractivity contribution in [3.8, 4) is 22.6 Å². The third kappa shape index (κ3) is 4.02. The molecule has 0 saturated carbocycles. The Morgan fingerprint density at radius 3 is 2.59 bits per heavy atom. The minimum atomic E-state index is -4.56. The van der Waals surface area contributed by atoms with Gasteiger partial charge in [-0.3, -0.25) is 4.98 Å². The van der Waals surface area contributed by atoms with Crippen LogP contribution in [0.3, 0.4) is 0 Å². The number of nitrogens with zero attached hydrogens (tertiary/aromatic N) is 2. The fourth-order valence-corrected chi connectivity index (χ4v) is 4.09. The van der Waals surface area contributed by atoms with Gasteiger partial charge in [-0.1, -0.05) is 12.1 Å². The van der Waals surface area contributed by atoms with Gasteiger partial charge in [0.2, 0.25) is 0 Å². The first-order valence-electron chi connectivity index (χ1n) is 8.55. The molecule has 1 N–H and O–H groups in total. The molecule has 3 aromatic rings. The molecule has 1 aliphatic heterocycles. The molecule has 0 spiro atoms. The van der Waals surface area contributed by atoms with E-state index in [2.05, 4.69) is 9.71 Å². The van der Waals surface area contributed by atoms with Gasteiger partial charge in [-0.15, -0.1) is 0 Å². The van der Waals surface area contributed by atoms with Crippen LogP contribution in [0.2, 0.25) is 0 Å². The molecule has 4 rings (SSSR count). The molecular weight excluding hydrogens is 407 g/mol. The number of hydrogen-bond acceptors (Lipinski definition) is 4. The van der Waals surface area contributed by atoms with Crippen LogP contribution in [0.15, 0.2) is 61.1 Å². The number of nitrogens with one attached hydrogen (secondary N) is 1. The predicted octanol–water partition coefficient (Wildman–Crippen LogP) is 3.60. The molecule has 0 atom stereocenters. The zero-order valence-corrected chi connectivity index (χ0v) is 15.7. The number of ether oxygens (including phenoxy) is 1. The topological polar surface area (TPSA) is 72.2 Å². The van der Waals surface area contributed by atoms with Crippen molar-refractivity contribution >= 4 is 15.8 Å². The number of anilines is 1. The summed E-state index contributed by atoms with van der Waals surface area (Å²) in [5.41, 5.74) is 0.424. The number of halogens is 3. The van der Waals surface area contributed by atoms with Crippen LogP contribution in [0.4, 0.5) is 19.0 Å². The lowest BCUT2D eigenvalue weighted by atomic mass is 10.1. The number of sulfonamides is 1. The highest BCUT2D eigenvalue weighted by Crippen LogP contribution is 2.38. The summed E-state index contributed by atoms with van der Waals surface area (Å²) < 4.78 is 72.9. The summed E-state index contributed by atoms with van der Waals surface area (Å²) in [6.07, 6.45) is -0.722. The molecule has 0 unspecified atom stereocenters. The van der Waals surface area contributed by atoms with Crippen LogP contribution in [0.5, 0.6) is 11.5 Å². The van der Waals surface area contributed by atoms with Crippen LogP contribution in [0.1, 0.15) is 5.56 Å². The fraction of sp³-hybridized carbons (Fsp3) is 0.158. The molecule has 0 bridgehead atoms. The number of benzene rings is 1. The smallest absolute Gasteiger partial charge is 0.420 e. The molecule has 0 saturated heterocycles. The van der Waals surface area contributed by atoms with Gasteiger partial charge >= 0.3 is 16.2 Å². The van der Waals surface area contributed by atoms with E-state index in [0.29, 0.717) is 23.5 Å². The zero-order chi connectivity index (χ0) is 20.6. The van der Waals surface area contributed by atoms with Gasteiger partial charge in [0.1, 0.15) is 23.6 Å². The first kappa shape index (κ1) is 19.2. The van der Waals surface area contributed by atoms with Crippen molar-refractivity contribution < 1.29 is 30.9 Å². The number of rotatable bonds is 3. The average molecular weight is 422 g/mol. The largest absolute Gasteiger partial charge is 0.455 e. The number of hydrogen-bond donors (Lipinski definition) is 1. The monoisotopic (exact) mass is 422 g/mol. The molecule has 0 amide bonds. The molecule has 1 aromatic carbocycles. The van der Waals surface area contributed by atoms with E-state index in [1.807, 2.05) is 0 Å². The van der Waals surface area contributed by atoms with Crippen LogP contribution in [0, 0.1) is 0 Å². The van der Waals surface area contributed by atoms with Crippen molar-refractivity contribution in [3.05, 3.63) is 66.6 Å². The summed E-state index contributed by atoms with van der Waals surface area (Å²) in [6, 6.07) is 10.7. The lowest BCUT2D eigenvalue weighted by molar-refractivity contribution is -0.679. The third-order valence-corrected chi connectivity index (χ3v) is 5.63. The highest BCUT2D eigenvalue weighted by atomic mass is 32.2. The summed E-state index contributed by atoms with van der Waals surface area (Å²) in [6.45, 7) is 0.334. The van der Waals surface area contributed by atoms with E-state index in [1.165, 1.54) is 12.1 Å². The van der Waals surface area contributed by atoms with Crippen molar-refractivity contribution in [2.75, 3.05) is 10.5 Å². The van der Waals surface area contributed by atoms with Gasteiger partial charge in [0.15, 0.2) is 5.75 Å². The Balaban J connectivity index is 1.64. The van der Waals surface area contributed by atoms with Crippen LogP contribution in [-0.4, -0.2) is 19.2 Å². The fourth-order valence-electron chi connectivity index (χ4n) is 3.03. The van der Waals surface area contributed by atoms with Gasteiger partial charge in [0, 0.05) is 6.20 Å². The second-order valence-corrected chi connectivity index (χ2v) is 8.22. The van der Waals surface area contributed by atoms with E-state index in [-0.39, 0.29) is 11.5 Å². The number of fused-ring (bicyclic) bond motifs is 1. The lowest BCUT2D eigenvalue weighted by Gasteiger charge is -2.16. The van der Waals surface area contributed by atoms with Crippen molar-refractivity contribution in [1.29, 1.82) is 0 Å². The van der Waals surface area contributed by atoms with Gasteiger partial charge in [-0.25, -0.2) is 4.57 Å². The molecule has 1 aliphatic rings. The van der Waals surface area contributed by atoms with Crippen molar-refractivity contribution in [2.24, 2.45) is 0 Å². The molecule has 0 fully saturated rings. The quantitative estimate of drug-likeness (QED) is 0.655. The summed E-state index contributed by atoms with van der Waals surface area (Å²) in [4.78, 5) is 3.69. The maximum Gasteiger partial charge on any atom is 0.420 e. The minimum Gasteiger partial charge on any atom is -0.455 e. The SMILES string of the molecule is O=S1(=O)CC[n+]2cccc(-c3ccc(Oc4cnccc4C(F)(F)F)cc3)c2N1. The third-order valence-electron chi connectivity index (χ3n) is 4.41. The molecule has 3 heterocycles. The van der Waals surface area contributed by atoms with Crippen molar-refractivity contribution in [3.63, 3.8) is 0 Å². The Hall–Kier alpha value is -3.14. The normalized spacial score (nSPS) is 15.3. The Morgan fingerprint density at radius 2 is 1.86 bits per heavy atom. The highest BCUT2D eigenvalue weighted by Gasteiger charge is 2.34. The molecule has 29 heavy (non-hydrogen) atoms. The van der Waals surface area contributed by atoms with Gasteiger partial charge in [0.05, 0.1) is 18.0 Å². The van der Waals surface area contributed by atoms with Gasteiger partial charge in [-0.05, 0) is 35.9 Å². The second kappa shape index (κ2) is 7.03. The first-order valence-corrected chi connectivity index (χ1v) is 10.2. The van der Waals surface area contributed by atoms with Crippen molar-refractivity contribution in [1.82, 2.24) is 4.98 Å². The molecule has 2 aromatic heterocycles. The minimum absolute atomic E-state index is 0.00640. The van der Waals surface area contributed by atoms with E-state index in [1.54, 1.807) is 35.0 Å². The Kier molecular flexibility index (Phi) is 4.65. The van der Waals surface area contributed by atoms with E-state index in [4.69, 9.17) is 4.74 Å². The Morgan fingerprint density at radius 1 is 1.10 bits per heavy atom. The predicted molar refractivity (Wildman–Crippen MR) is 98.8 cm³/mol. The van der Waals surface area contributed by atoms with E-state index >= 15 is 0 Å². The number of aromatic nitrogens is 2. The van der Waals surface area contributed by atoms with Gasteiger partial charge in [0.25, 0.3) is 5.82 Å². The summed E-state index contributed by atoms with van der Waals surface area (Å²) >= 11 is 0. The molecule has 0 aliphatic carbocycles. The summed E-state index contributed by atoms with van der Waals surface area (Å²) in [7, 11) is -3.40. The maximum absolute atomic E-state index is 13.1. The Labute approximate surface area is 164 Å². The first-order chi connectivity index (χ1) is 13.7. The van der Waals surface area contributed by atoms with Gasteiger partial charge < -0.3 is 4.74 Å². The molecular formula is C19H15F3N3O3S+. The number of aryl methyl sites for hydroxylation is 1. The van der Waals surface area contributed by atoms with Crippen molar-refractivity contribution in [2.45, 2.75) is 12.7 Å². The number of alkyl halides is 3. The molecule has 6 nitrogen and oxygen atoms in total. The van der Waals surface area contributed by atoms with E-state index < -0.39 is 27.5 Å². The summed E-state index contributed by atoms with van der Waals surface area (Å²) in [5, 5.41) is 0. The zero-order valence-electron chi connectivity index (χ0n) is 14.8. The average Bonchev–Trinajstić information content (AvgIpc) is 2.67. The highest BCUT2D eigenvalue weighted by molar-refractivity contribution is 7.92. The number of pyridine rings is 2. The lowest BCUT2D eigenvalue weighted by Crippen LogP contribution is -2.47. The van der Waals surface area contributed by atoms with Gasteiger partial charge in [-0.2, -0.15) is 26.3 Å².